The molecule has 2 fully saturated rings. The molecule has 4 nitrogen and oxygen atoms in total. The van der Waals surface area contributed by atoms with Crippen molar-refractivity contribution in [2.24, 2.45) is 5.92 Å². The predicted octanol–water partition coefficient (Wildman–Crippen LogP) is 2.58. The van der Waals surface area contributed by atoms with Crippen molar-refractivity contribution >= 4 is 5.91 Å². The molecule has 2 aliphatic rings. The van der Waals surface area contributed by atoms with Crippen LogP contribution in [0, 0.1) is 5.92 Å². The standard InChI is InChI=1S/C19H28N2O2/c1-19(2)12-17(9-11-23-19)20-18(22)16-8-10-21(14-16)13-15-6-4-3-5-7-15/h3-7,16-17H,8-14H2,1-2H3,(H,20,22). The van der Waals surface area contributed by atoms with Crippen LogP contribution in [0.25, 0.3) is 0 Å². The highest BCUT2D eigenvalue weighted by atomic mass is 16.5. The molecule has 1 aromatic carbocycles. The Bertz CT molecular complexity index is 529. The van der Waals surface area contributed by atoms with Gasteiger partial charge in [-0.25, -0.2) is 0 Å². The van der Waals surface area contributed by atoms with Gasteiger partial charge in [-0.05, 0) is 45.2 Å². The molecule has 0 spiro atoms. The van der Waals surface area contributed by atoms with Crippen LogP contribution in [-0.4, -0.2) is 42.1 Å². The van der Waals surface area contributed by atoms with Gasteiger partial charge in [-0.2, -0.15) is 0 Å². The van der Waals surface area contributed by atoms with Crippen LogP contribution in [0.1, 0.15) is 38.7 Å². The van der Waals surface area contributed by atoms with Crippen LogP contribution in [0.4, 0.5) is 0 Å². The van der Waals surface area contributed by atoms with E-state index < -0.39 is 0 Å². The minimum atomic E-state index is -0.120. The molecule has 1 N–H and O–H groups in total. The van der Waals surface area contributed by atoms with Crippen LogP contribution in [0.2, 0.25) is 0 Å². The Morgan fingerprint density at radius 1 is 1.30 bits per heavy atom. The molecule has 1 aromatic rings. The second kappa shape index (κ2) is 7.02. The molecule has 4 heteroatoms. The largest absolute Gasteiger partial charge is 0.375 e. The number of hydrogen-bond donors (Lipinski definition) is 1. The second-order valence-electron chi connectivity index (χ2n) is 7.51. The first kappa shape index (κ1) is 16.5. The Morgan fingerprint density at radius 2 is 2.09 bits per heavy atom. The van der Waals surface area contributed by atoms with Crippen LogP contribution in [0.3, 0.4) is 0 Å². The fraction of sp³-hybridized carbons (Fsp3) is 0.632. The number of nitrogens with one attached hydrogen (secondary N) is 1. The van der Waals surface area contributed by atoms with Gasteiger partial charge in [-0.1, -0.05) is 30.3 Å². The third-order valence-electron chi connectivity index (χ3n) is 4.94. The molecule has 1 amide bonds. The Morgan fingerprint density at radius 3 is 2.83 bits per heavy atom. The van der Waals surface area contributed by atoms with Gasteiger partial charge in [-0.3, -0.25) is 9.69 Å². The minimum absolute atomic E-state index is 0.120. The van der Waals surface area contributed by atoms with Crippen molar-refractivity contribution in [1.82, 2.24) is 10.2 Å². The van der Waals surface area contributed by atoms with Crippen molar-refractivity contribution in [3.05, 3.63) is 35.9 Å². The minimum Gasteiger partial charge on any atom is -0.375 e. The van der Waals surface area contributed by atoms with E-state index in [4.69, 9.17) is 4.74 Å². The maximum Gasteiger partial charge on any atom is 0.224 e. The van der Waals surface area contributed by atoms with Gasteiger partial charge in [0, 0.05) is 25.7 Å². The van der Waals surface area contributed by atoms with E-state index in [1.807, 2.05) is 6.07 Å². The molecule has 2 heterocycles. The summed E-state index contributed by atoms with van der Waals surface area (Å²) in [6.45, 7) is 7.75. The summed E-state index contributed by atoms with van der Waals surface area (Å²) in [6, 6.07) is 10.7. The lowest BCUT2D eigenvalue weighted by atomic mass is 9.93. The van der Waals surface area contributed by atoms with Gasteiger partial charge in [0.15, 0.2) is 0 Å². The van der Waals surface area contributed by atoms with Crippen LogP contribution in [0.5, 0.6) is 0 Å². The lowest BCUT2D eigenvalue weighted by Gasteiger charge is -2.36. The highest BCUT2D eigenvalue weighted by molar-refractivity contribution is 5.79. The molecule has 2 saturated heterocycles. The van der Waals surface area contributed by atoms with E-state index in [1.54, 1.807) is 0 Å². The van der Waals surface area contributed by atoms with Crippen molar-refractivity contribution in [3.63, 3.8) is 0 Å². The van der Waals surface area contributed by atoms with Crippen LogP contribution in [0.15, 0.2) is 30.3 Å². The lowest BCUT2D eigenvalue weighted by Crippen LogP contribution is -2.47. The summed E-state index contributed by atoms with van der Waals surface area (Å²) < 4.78 is 5.73. The number of ether oxygens (including phenoxy) is 1. The molecule has 0 aliphatic carbocycles. The Labute approximate surface area is 139 Å². The quantitative estimate of drug-likeness (QED) is 0.928. The second-order valence-corrected chi connectivity index (χ2v) is 7.51. The summed E-state index contributed by atoms with van der Waals surface area (Å²) >= 11 is 0. The third kappa shape index (κ3) is 4.55. The zero-order chi connectivity index (χ0) is 16.3. The van der Waals surface area contributed by atoms with Gasteiger partial charge in [-0.15, -0.1) is 0 Å². The summed E-state index contributed by atoms with van der Waals surface area (Å²) in [5.74, 6) is 0.355. The Hall–Kier alpha value is -1.39. The maximum absolute atomic E-state index is 12.5. The lowest BCUT2D eigenvalue weighted by molar-refractivity contribution is -0.127. The molecule has 2 aliphatic heterocycles. The number of benzene rings is 1. The van der Waals surface area contributed by atoms with Crippen molar-refractivity contribution in [2.75, 3.05) is 19.7 Å². The first-order valence-corrected chi connectivity index (χ1v) is 8.72. The number of likely N-dealkylation sites (tertiary alicyclic amines) is 1. The molecule has 0 aromatic heterocycles. The van der Waals surface area contributed by atoms with E-state index in [0.717, 1.165) is 45.5 Å². The van der Waals surface area contributed by atoms with Crippen LogP contribution in [-0.2, 0) is 16.1 Å². The highest BCUT2D eigenvalue weighted by Gasteiger charge is 2.33. The van der Waals surface area contributed by atoms with Crippen LogP contribution >= 0.6 is 0 Å². The molecular formula is C19H28N2O2. The van der Waals surface area contributed by atoms with Gasteiger partial charge in [0.05, 0.1) is 11.5 Å². The monoisotopic (exact) mass is 316 g/mol. The molecule has 126 valence electrons. The van der Waals surface area contributed by atoms with Crippen molar-refractivity contribution in [3.8, 4) is 0 Å². The fourth-order valence-electron chi connectivity index (χ4n) is 3.71. The van der Waals surface area contributed by atoms with Gasteiger partial charge in [0.25, 0.3) is 0 Å². The van der Waals surface area contributed by atoms with E-state index in [-0.39, 0.29) is 23.5 Å². The molecule has 0 bridgehead atoms. The average Bonchev–Trinajstić information content (AvgIpc) is 2.96. The van der Waals surface area contributed by atoms with Gasteiger partial charge < -0.3 is 10.1 Å². The molecule has 0 saturated carbocycles. The molecular weight excluding hydrogens is 288 g/mol. The SMILES string of the molecule is CC1(C)CC(NC(=O)C2CCN(Cc3ccccc3)C2)CCO1. The molecule has 23 heavy (non-hydrogen) atoms. The third-order valence-corrected chi connectivity index (χ3v) is 4.94. The highest BCUT2D eigenvalue weighted by Crippen LogP contribution is 2.25. The normalized spacial score (nSPS) is 27.7. The molecule has 3 rings (SSSR count). The van der Waals surface area contributed by atoms with Gasteiger partial charge in [0.1, 0.15) is 0 Å². The topological polar surface area (TPSA) is 41.6 Å². The first-order valence-electron chi connectivity index (χ1n) is 8.72. The zero-order valence-corrected chi connectivity index (χ0v) is 14.3. The maximum atomic E-state index is 12.5. The van der Waals surface area contributed by atoms with Gasteiger partial charge >= 0.3 is 0 Å². The number of hydrogen-bond acceptors (Lipinski definition) is 3. The number of nitrogens with zero attached hydrogens (tertiary/aromatic N) is 1. The summed E-state index contributed by atoms with van der Waals surface area (Å²) in [5, 5.41) is 3.26. The van der Waals surface area contributed by atoms with E-state index in [9.17, 15) is 4.79 Å². The van der Waals surface area contributed by atoms with Crippen molar-refractivity contribution in [1.29, 1.82) is 0 Å². The molecule has 2 atom stereocenters. The smallest absolute Gasteiger partial charge is 0.224 e. The van der Waals surface area contributed by atoms with E-state index >= 15 is 0 Å². The average molecular weight is 316 g/mol. The number of rotatable bonds is 4. The Balaban J connectivity index is 1.48. The van der Waals surface area contributed by atoms with E-state index in [1.165, 1.54) is 5.56 Å². The molecule has 0 radical (unpaired) electrons. The number of carbonyl (C=O) groups is 1. The van der Waals surface area contributed by atoms with Gasteiger partial charge in [0.2, 0.25) is 5.91 Å². The van der Waals surface area contributed by atoms with Crippen LogP contribution < -0.4 is 5.32 Å². The van der Waals surface area contributed by atoms with E-state index in [0.29, 0.717) is 0 Å². The van der Waals surface area contributed by atoms with E-state index in [2.05, 4.69) is 48.3 Å². The Kier molecular flexibility index (Phi) is 5.02. The van der Waals surface area contributed by atoms with Crippen molar-refractivity contribution < 1.29 is 9.53 Å². The predicted molar refractivity (Wildman–Crippen MR) is 91.0 cm³/mol. The zero-order valence-electron chi connectivity index (χ0n) is 14.3. The number of carbonyl (C=O) groups excluding carboxylic acids is 1. The summed E-state index contributed by atoms with van der Waals surface area (Å²) in [4.78, 5) is 14.9. The number of amides is 1. The first-order chi connectivity index (χ1) is 11.0. The summed E-state index contributed by atoms with van der Waals surface area (Å²) in [7, 11) is 0. The fourth-order valence-corrected chi connectivity index (χ4v) is 3.71. The summed E-state index contributed by atoms with van der Waals surface area (Å²) in [5.41, 5.74) is 1.20. The molecule has 2 unspecified atom stereocenters. The summed E-state index contributed by atoms with van der Waals surface area (Å²) in [6.07, 6.45) is 2.79. The van der Waals surface area contributed by atoms with Crippen molar-refractivity contribution in [2.45, 2.75) is 51.3 Å².